The number of rotatable bonds is 3. The zero-order valence-corrected chi connectivity index (χ0v) is 17.6. The number of aryl methyl sites for hydroxylation is 1. The summed E-state index contributed by atoms with van der Waals surface area (Å²) in [5.41, 5.74) is -0.614. The predicted octanol–water partition coefficient (Wildman–Crippen LogP) is 2.15. The van der Waals surface area contributed by atoms with E-state index in [1.807, 2.05) is 43.3 Å². The summed E-state index contributed by atoms with van der Waals surface area (Å²) in [6.07, 6.45) is 1.71. The molecule has 0 saturated carbocycles. The first-order chi connectivity index (χ1) is 14.4. The van der Waals surface area contributed by atoms with Crippen molar-refractivity contribution in [3.8, 4) is 5.75 Å². The van der Waals surface area contributed by atoms with Gasteiger partial charge >= 0.3 is 5.97 Å². The third kappa shape index (κ3) is 2.74. The van der Waals surface area contributed by atoms with Gasteiger partial charge in [-0.25, -0.2) is 4.99 Å². The van der Waals surface area contributed by atoms with Gasteiger partial charge in [-0.2, -0.15) is 0 Å². The van der Waals surface area contributed by atoms with Crippen molar-refractivity contribution in [1.29, 1.82) is 0 Å². The van der Waals surface area contributed by atoms with Crippen LogP contribution < -0.4 is 19.6 Å². The van der Waals surface area contributed by atoms with Gasteiger partial charge < -0.3 is 13.9 Å². The number of carbonyl (C=O) groups is 1. The first-order valence-corrected chi connectivity index (χ1v) is 10.6. The smallest absolute Gasteiger partial charge is 0.317 e. The van der Waals surface area contributed by atoms with Crippen LogP contribution in [0.25, 0.3) is 6.08 Å². The maximum absolute atomic E-state index is 13.4. The zero-order chi connectivity index (χ0) is 21.0. The minimum atomic E-state index is -1.17. The second kappa shape index (κ2) is 6.70. The Morgan fingerprint density at radius 2 is 2.13 bits per heavy atom. The molecule has 0 fully saturated rings. The topological polar surface area (TPSA) is 83.0 Å². The lowest BCUT2D eigenvalue weighted by atomic mass is 9.81. The van der Waals surface area contributed by atoms with Crippen molar-refractivity contribution in [3.63, 3.8) is 0 Å². The van der Waals surface area contributed by atoms with E-state index in [1.54, 1.807) is 24.5 Å². The molecule has 3 aromatic rings. The average molecular weight is 424 g/mol. The van der Waals surface area contributed by atoms with Gasteiger partial charge in [0, 0.05) is 11.6 Å². The zero-order valence-electron chi connectivity index (χ0n) is 16.7. The third-order valence-corrected chi connectivity index (χ3v) is 6.44. The van der Waals surface area contributed by atoms with E-state index in [0.717, 1.165) is 11.3 Å². The van der Waals surface area contributed by atoms with Crippen LogP contribution in [0.4, 0.5) is 0 Å². The molecule has 0 unspecified atom stereocenters. The summed E-state index contributed by atoms with van der Waals surface area (Å²) >= 11 is 1.26. The minimum Gasteiger partial charge on any atom is -0.466 e. The molecule has 2 aliphatic heterocycles. The van der Waals surface area contributed by atoms with Crippen LogP contribution in [0.1, 0.15) is 37.0 Å². The van der Waals surface area contributed by atoms with Crippen LogP contribution in [0.3, 0.4) is 0 Å². The summed E-state index contributed by atoms with van der Waals surface area (Å²) < 4.78 is 19.2. The fraction of sp³-hybridized carbons (Fsp3) is 0.318. The molecule has 0 spiro atoms. The van der Waals surface area contributed by atoms with Crippen LogP contribution in [-0.4, -0.2) is 22.9 Å². The number of hydrogen-bond acceptors (Lipinski definition) is 7. The van der Waals surface area contributed by atoms with E-state index in [9.17, 15) is 9.59 Å². The number of fused-ring (bicyclic) bond motifs is 6. The maximum Gasteiger partial charge on any atom is 0.317 e. The quantitative estimate of drug-likeness (QED) is 0.602. The Labute approximate surface area is 175 Å². The number of ether oxygens (including phenoxy) is 2. The predicted molar refractivity (Wildman–Crippen MR) is 110 cm³/mol. The van der Waals surface area contributed by atoms with Crippen molar-refractivity contribution in [2.45, 2.75) is 32.5 Å². The van der Waals surface area contributed by atoms with Gasteiger partial charge in [-0.15, -0.1) is 0 Å². The molecule has 0 saturated heterocycles. The Kier molecular flexibility index (Phi) is 4.21. The molecule has 0 amide bonds. The monoisotopic (exact) mass is 424 g/mol. The van der Waals surface area contributed by atoms with Gasteiger partial charge in [-0.05, 0) is 39.0 Å². The second-order valence-electron chi connectivity index (χ2n) is 7.50. The number of esters is 1. The van der Waals surface area contributed by atoms with E-state index in [-0.39, 0.29) is 12.2 Å². The Balaban J connectivity index is 1.78. The van der Waals surface area contributed by atoms with Gasteiger partial charge in [0.15, 0.2) is 4.80 Å². The number of aromatic nitrogens is 1. The van der Waals surface area contributed by atoms with E-state index >= 15 is 0 Å². The third-order valence-electron chi connectivity index (χ3n) is 5.45. The highest BCUT2D eigenvalue weighted by molar-refractivity contribution is 7.07. The molecule has 0 N–H and O–H groups in total. The fourth-order valence-electron chi connectivity index (χ4n) is 4.20. The Bertz CT molecular complexity index is 1330. The van der Waals surface area contributed by atoms with E-state index in [4.69, 9.17) is 18.9 Å². The molecule has 2 aromatic heterocycles. The van der Waals surface area contributed by atoms with Gasteiger partial charge in [0.1, 0.15) is 23.2 Å². The second-order valence-corrected chi connectivity index (χ2v) is 8.51. The molecule has 0 aliphatic carbocycles. The van der Waals surface area contributed by atoms with Crippen molar-refractivity contribution < 1.29 is 18.7 Å². The van der Waals surface area contributed by atoms with E-state index in [0.29, 0.717) is 20.8 Å². The summed E-state index contributed by atoms with van der Waals surface area (Å²) in [6, 6.07) is 10.5. The van der Waals surface area contributed by atoms with Crippen molar-refractivity contribution >= 4 is 23.4 Å². The SMILES string of the molecule is CCOC(=O)[C@H]1[C@H]2c3ccccc3O[C@@]1(C)N=c1s/c(=C/c3ccc(C)o3)c(=O)n12. The van der Waals surface area contributed by atoms with Crippen molar-refractivity contribution in [2.24, 2.45) is 10.9 Å². The summed E-state index contributed by atoms with van der Waals surface area (Å²) in [5, 5.41) is 0. The number of nitrogens with zero attached hydrogens (tertiary/aromatic N) is 2. The fourth-order valence-corrected chi connectivity index (χ4v) is 5.28. The summed E-state index contributed by atoms with van der Waals surface area (Å²) in [4.78, 5) is 31.6. The molecule has 30 heavy (non-hydrogen) atoms. The summed E-state index contributed by atoms with van der Waals surface area (Å²) in [6.45, 7) is 5.61. The van der Waals surface area contributed by atoms with Crippen molar-refractivity contribution in [3.05, 3.63) is 73.2 Å². The van der Waals surface area contributed by atoms with Gasteiger partial charge in [0.05, 0.1) is 17.2 Å². The molecule has 8 heteroatoms. The van der Waals surface area contributed by atoms with Crippen LogP contribution in [0, 0.1) is 12.8 Å². The van der Waals surface area contributed by atoms with Gasteiger partial charge in [0.2, 0.25) is 5.72 Å². The Morgan fingerprint density at radius 1 is 1.33 bits per heavy atom. The van der Waals surface area contributed by atoms with E-state index in [2.05, 4.69) is 0 Å². The van der Waals surface area contributed by atoms with Crippen LogP contribution in [0.15, 0.2) is 50.6 Å². The number of para-hydroxylation sites is 1. The first-order valence-electron chi connectivity index (χ1n) is 9.75. The van der Waals surface area contributed by atoms with Crippen molar-refractivity contribution in [1.82, 2.24) is 4.57 Å². The molecule has 2 aliphatic rings. The lowest BCUT2D eigenvalue weighted by Crippen LogP contribution is -2.58. The number of carbonyl (C=O) groups excluding carboxylic acids is 1. The highest BCUT2D eigenvalue weighted by Gasteiger charge is 2.55. The molecule has 0 radical (unpaired) electrons. The van der Waals surface area contributed by atoms with Crippen molar-refractivity contribution in [2.75, 3.05) is 6.61 Å². The first kappa shape index (κ1) is 18.9. The largest absolute Gasteiger partial charge is 0.466 e. The highest BCUT2D eigenvalue weighted by atomic mass is 32.1. The summed E-state index contributed by atoms with van der Waals surface area (Å²) in [7, 11) is 0. The molecule has 1 aromatic carbocycles. The van der Waals surface area contributed by atoms with Crippen LogP contribution in [-0.2, 0) is 9.53 Å². The molecule has 3 atom stereocenters. The summed E-state index contributed by atoms with van der Waals surface area (Å²) in [5.74, 6) is 0.771. The lowest BCUT2D eigenvalue weighted by Gasteiger charge is -2.44. The molecule has 2 bridgehead atoms. The van der Waals surface area contributed by atoms with Gasteiger partial charge in [0.25, 0.3) is 5.56 Å². The Hall–Kier alpha value is -3.13. The Morgan fingerprint density at radius 3 is 2.87 bits per heavy atom. The van der Waals surface area contributed by atoms with Gasteiger partial charge in [-0.3, -0.25) is 14.2 Å². The molecular formula is C22H20N2O5S. The minimum absolute atomic E-state index is 0.217. The van der Waals surface area contributed by atoms with Crippen LogP contribution in [0.5, 0.6) is 5.75 Å². The van der Waals surface area contributed by atoms with Crippen LogP contribution in [0.2, 0.25) is 0 Å². The number of furan rings is 1. The van der Waals surface area contributed by atoms with Crippen LogP contribution >= 0.6 is 11.3 Å². The van der Waals surface area contributed by atoms with E-state index < -0.39 is 23.7 Å². The standard InChI is InChI=1S/C22H20N2O5S/c1-4-27-20(26)17-18-14-7-5-6-8-15(14)29-22(17,3)23-21-24(18)19(25)16(30-21)11-13-10-9-12(2)28-13/h5-11,17-18H,4H2,1-3H3/b16-11+/t17-,18-,22-/m1/s1. The lowest BCUT2D eigenvalue weighted by molar-refractivity contribution is -0.160. The molecule has 4 heterocycles. The average Bonchev–Trinajstić information content (AvgIpc) is 3.23. The molecular weight excluding hydrogens is 404 g/mol. The highest BCUT2D eigenvalue weighted by Crippen LogP contribution is 2.47. The normalized spacial score (nSPS) is 24.4. The van der Waals surface area contributed by atoms with E-state index in [1.165, 1.54) is 11.3 Å². The molecule has 7 nitrogen and oxygen atoms in total. The number of hydrogen-bond donors (Lipinski definition) is 0. The van der Waals surface area contributed by atoms with Gasteiger partial charge in [-0.1, -0.05) is 29.5 Å². The number of thiazole rings is 1. The molecule has 5 rings (SSSR count). The maximum atomic E-state index is 13.4. The molecule has 154 valence electrons. The number of benzene rings is 1.